The molecule has 29 heavy (non-hydrogen) atoms. The number of carbonyl (C=O) groups is 1. The van der Waals surface area contributed by atoms with Gasteiger partial charge in [0.2, 0.25) is 0 Å². The minimum Gasteiger partial charge on any atom is -0.345 e. The van der Waals surface area contributed by atoms with Gasteiger partial charge in [0.05, 0.1) is 11.9 Å². The van der Waals surface area contributed by atoms with Crippen molar-refractivity contribution in [1.82, 2.24) is 4.57 Å². The van der Waals surface area contributed by atoms with Crippen molar-refractivity contribution in [3.63, 3.8) is 0 Å². The van der Waals surface area contributed by atoms with Crippen LogP contribution in [0.5, 0.6) is 0 Å². The number of nitrogens with two attached hydrogens (primary N) is 1. The molecule has 160 valence electrons. The zero-order chi connectivity index (χ0) is 21.5. The number of benzene rings is 1. The summed E-state index contributed by atoms with van der Waals surface area (Å²) in [5.74, 6) is 0.142. The lowest BCUT2D eigenvalue weighted by Gasteiger charge is -2.25. The van der Waals surface area contributed by atoms with Gasteiger partial charge in [0.25, 0.3) is 0 Å². The van der Waals surface area contributed by atoms with Crippen LogP contribution in [-0.2, 0) is 24.5 Å². The largest absolute Gasteiger partial charge is 0.345 e. The number of unbranched alkanes of at least 4 members (excludes halogenated alkanes) is 1. The molecule has 0 radical (unpaired) electrons. The van der Waals surface area contributed by atoms with E-state index in [9.17, 15) is 9.36 Å². The summed E-state index contributed by atoms with van der Waals surface area (Å²) in [5, 5.41) is 0. The smallest absolute Gasteiger partial charge is 0.325 e. The van der Waals surface area contributed by atoms with Gasteiger partial charge in [-0.1, -0.05) is 30.3 Å². The Labute approximate surface area is 173 Å². The van der Waals surface area contributed by atoms with E-state index in [1.54, 1.807) is 0 Å². The van der Waals surface area contributed by atoms with Crippen LogP contribution in [0.2, 0.25) is 0 Å². The minimum atomic E-state index is -4.04. The lowest BCUT2D eigenvalue weighted by Crippen LogP contribution is -2.37. The third-order valence-electron chi connectivity index (χ3n) is 5.40. The molecule has 1 aromatic carbocycles. The van der Waals surface area contributed by atoms with Gasteiger partial charge in [-0.25, -0.2) is 0 Å². The number of aryl methyl sites for hydroxylation is 2. The molecule has 0 saturated carbocycles. The monoisotopic (exact) mass is 420 g/mol. The molecule has 0 aliphatic heterocycles. The van der Waals surface area contributed by atoms with Crippen LogP contribution in [0.4, 0.5) is 0 Å². The quantitative estimate of drug-likeness (QED) is 0.275. The van der Waals surface area contributed by atoms with E-state index in [4.69, 9.17) is 15.5 Å². The maximum atomic E-state index is 12.6. The van der Waals surface area contributed by atoms with Crippen molar-refractivity contribution in [1.29, 1.82) is 0 Å². The molecule has 1 atom stereocenters. The molecule has 0 spiro atoms. The fourth-order valence-electron chi connectivity index (χ4n) is 3.41. The standard InChI is InChI=1S/C22H33N2O4P/c1-22(23,16-17-29(26,27)28)15-14-19-12-13-20(24(19)2)21(25)11-7-6-10-18-8-4-3-5-9-18/h3-5,8-9,12-13H,6-7,10-11,14-17,23H2,1-2H3,(H2,26,27,28)/t22-/m1/s1. The highest BCUT2D eigenvalue weighted by Gasteiger charge is 2.24. The first-order chi connectivity index (χ1) is 13.6. The van der Waals surface area contributed by atoms with Crippen LogP contribution < -0.4 is 5.73 Å². The third-order valence-corrected chi connectivity index (χ3v) is 6.21. The molecule has 1 aromatic heterocycles. The van der Waals surface area contributed by atoms with Gasteiger partial charge in [-0.05, 0) is 63.1 Å². The summed E-state index contributed by atoms with van der Waals surface area (Å²) in [6, 6.07) is 14.1. The number of aromatic nitrogens is 1. The Bertz CT molecular complexity index is 840. The van der Waals surface area contributed by atoms with Gasteiger partial charge < -0.3 is 20.1 Å². The van der Waals surface area contributed by atoms with Gasteiger partial charge in [-0.2, -0.15) is 0 Å². The summed E-state index contributed by atoms with van der Waals surface area (Å²) < 4.78 is 13.0. The van der Waals surface area contributed by atoms with E-state index in [1.165, 1.54) is 5.56 Å². The average molecular weight is 420 g/mol. The number of rotatable bonds is 12. The number of ketones is 1. The van der Waals surface area contributed by atoms with Crippen LogP contribution in [0.3, 0.4) is 0 Å². The molecule has 0 unspecified atom stereocenters. The molecule has 7 heteroatoms. The number of hydrogen-bond acceptors (Lipinski definition) is 3. The van der Waals surface area contributed by atoms with Crippen molar-refractivity contribution in [2.75, 3.05) is 6.16 Å². The van der Waals surface area contributed by atoms with E-state index >= 15 is 0 Å². The maximum Gasteiger partial charge on any atom is 0.325 e. The van der Waals surface area contributed by atoms with Crippen LogP contribution in [-0.4, -0.2) is 31.8 Å². The Balaban J connectivity index is 1.81. The molecule has 2 aromatic rings. The van der Waals surface area contributed by atoms with Crippen molar-refractivity contribution < 1.29 is 19.1 Å². The normalized spacial score (nSPS) is 14.0. The van der Waals surface area contributed by atoms with Crippen molar-refractivity contribution in [2.24, 2.45) is 12.8 Å². The first-order valence-corrected chi connectivity index (χ1v) is 11.9. The fourth-order valence-corrected chi connectivity index (χ4v) is 4.21. The highest BCUT2D eigenvalue weighted by Crippen LogP contribution is 2.37. The lowest BCUT2D eigenvalue weighted by molar-refractivity contribution is 0.0971. The SMILES string of the molecule is Cn1c(CC[C@@](C)(N)CCP(=O)(O)O)ccc1C(=O)CCCCc1ccccc1. The van der Waals surface area contributed by atoms with Crippen molar-refractivity contribution in [3.05, 3.63) is 59.4 Å². The molecule has 1 heterocycles. The van der Waals surface area contributed by atoms with Crippen molar-refractivity contribution >= 4 is 13.4 Å². The molecule has 4 N–H and O–H groups in total. The topological polar surface area (TPSA) is 106 Å². The van der Waals surface area contributed by atoms with Crippen LogP contribution in [0, 0.1) is 0 Å². The molecule has 0 bridgehead atoms. The molecule has 0 aliphatic rings. The van der Waals surface area contributed by atoms with Crippen molar-refractivity contribution in [3.8, 4) is 0 Å². The highest BCUT2D eigenvalue weighted by atomic mass is 31.2. The van der Waals surface area contributed by atoms with E-state index in [2.05, 4.69) is 12.1 Å². The summed E-state index contributed by atoms with van der Waals surface area (Å²) >= 11 is 0. The molecule has 0 aliphatic carbocycles. The van der Waals surface area contributed by atoms with E-state index in [1.807, 2.05) is 48.9 Å². The number of carbonyl (C=O) groups excluding carboxylic acids is 1. The zero-order valence-electron chi connectivity index (χ0n) is 17.4. The van der Waals surface area contributed by atoms with E-state index < -0.39 is 13.1 Å². The molecule has 0 fully saturated rings. The van der Waals surface area contributed by atoms with Gasteiger partial charge in [0.15, 0.2) is 5.78 Å². The molecular weight excluding hydrogens is 387 g/mol. The summed E-state index contributed by atoms with van der Waals surface area (Å²) in [6.45, 7) is 1.81. The summed E-state index contributed by atoms with van der Waals surface area (Å²) in [4.78, 5) is 30.7. The van der Waals surface area contributed by atoms with E-state index in [0.717, 1.165) is 25.0 Å². The summed E-state index contributed by atoms with van der Waals surface area (Å²) in [6.07, 6.45) is 4.66. The van der Waals surface area contributed by atoms with Gasteiger partial charge in [0.1, 0.15) is 0 Å². The average Bonchev–Trinajstić information content (AvgIpc) is 3.03. The third kappa shape index (κ3) is 8.27. The first-order valence-electron chi connectivity index (χ1n) is 10.1. The maximum absolute atomic E-state index is 12.6. The second-order valence-corrected chi connectivity index (χ2v) is 9.95. The van der Waals surface area contributed by atoms with Crippen LogP contribution >= 0.6 is 7.60 Å². The first kappa shape index (κ1) is 23.6. The zero-order valence-corrected chi connectivity index (χ0v) is 18.3. The minimum absolute atomic E-state index is 0.142. The van der Waals surface area contributed by atoms with Crippen LogP contribution in [0.1, 0.15) is 60.8 Å². The van der Waals surface area contributed by atoms with Gasteiger partial charge in [0, 0.05) is 24.7 Å². The Morgan fingerprint density at radius 2 is 1.76 bits per heavy atom. The molecule has 0 amide bonds. The van der Waals surface area contributed by atoms with E-state index in [0.29, 0.717) is 25.0 Å². The molecule has 0 saturated heterocycles. The Hall–Kier alpha value is -1.72. The Kier molecular flexibility index (Phi) is 8.41. The predicted molar refractivity (Wildman–Crippen MR) is 116 cm³/mol. The second kappa shape index (κ2) is 10.4. The van der Waals surface area contributed by atoms with Crippen molar-refractivity contribution in [2.45, 2.75) is 57.4 Å². The highest BCUT2D eigenvalue weighted by molar-refractivity contribution is 7.51. The van der Waals surface area contributed by atoms with Gasteiger partial charge >= 0.3 is 7.60 Å². The number of hydrogen-bond donors (Lipinski definition) is 3. The van der Waals surface area contributed by atoms with Gasteiger partial charge in [-0.15, -0.1) is 0 Å². The molecular formula is C22H33N2O4P. The Morgan fingerprint density at radius 3 is 2.41 bits per heavy atom. The van der Waals surface area contributed by atoms with Crippen LogP contribution in [0.25, 0.3) is 0 Å². The lowest BCUT2D eigenvalue weighted by atomic mass is 9.93. The van der Waals surface area contributed by atoms with Crippen LogP contribution in [0.15, 0.2) is 42.5 Å². The number of Topliss-reactive ketones (excluding diaryl/α,β-unsaturated/α-hetero) is 1. The second-order valence-electron chi connectivity index (χ2n) is 8.18. The Morgan fingerprint density at radius 1 is 1.07 bits per heavy atom. The van der Waals surface area contributed by atoms with Gasteiger partial charge in [-0.3, -0.25) is 9.36 Å². The predicted octanol–water partition coefficient (Wildman–Crippen LogP) is 3.84. The fraction of sp³-hybridized carbons (Fsp3) is 0.500. The molecule has 6 nitrogen and oxygen atoms in total. The van der Waals surface area contributed by atoms with E-state index in [-0.39, 0.29) is 18.4 Å². The summed E-state index contributed by atoms with van der Waals surface area (Å²) in [5.41, 5.74) is 8.54. The molecule has 2 rings (SSSR count). The number of nitrogens with zero attached hydrogens (tertiary/aromatic N) is 1. The summed E-state index contributed by atoms with van der Waals surface area (Å²) in [7, 11) is -2.15.